The minimum Gasteiger partial charge on any atom is -0.367 e. The predicted octanol–water partition coefficient (Wildman–Crippen LogP) is 2.12. The van der Waals surface area contributed by atoms with Crippen molar-refractivity contribution in [1.82, 2.24) is 15.5 Å². The molecule has 0 spiro atoms. The third-order valence-electron chi connectivity index (χ3n) is 3.88. The minimum absolute atomic E-state index is 0.126. The van der Waals surface area contributed by atoms with Gasteiger partial charge >= 0.3 is 0 Å². The molecular formula is C17H20N4O. The molecule has 1 aromatic carbocycles. The molecule has 114 valence electrons. The van der Waals surface area contributed by atoms with Crippen LogP contribution in [-0.2, 0) is 4.79 Å². The van der Waals surface area contributed by atoms with Crippen molar-refractivity contribution in [3.8, 4) is 0 Å². The van der Waals surface area contributed by atoms with Gasteiger partial charge in [0.25, 0.3) is 0 Å². The number of aryl methyl sites for hydroxylation is 1. The van der Waals surface area contributed by atoms with Crippen LogP contribution in [0.25, 0.3) is 0 Å². The van der Waals surface area contributed by atoms with E-state index in [4.69, 9.17) is 0 Å². The number of carbonyl (C=O) groups excluding carboxylic acids is 1. The van der Waals surface area contributed by atoms with Gasteiger partial charge in [0, 0.05) is 19.0 Å². The van der Waals surface area contributed by atoms with Crippen molar-refractivity contribution in [2.24, 2.45) is 5.92 Å². The highest BCUT2D eigenvalue weighted by Gasteiger charge is 2.43. The van der Waals surface area contributed by atoms with Crippen LogP contribution in [0, 0.1) is 12.8 Å². The van der Waals surface area contributed by atoms with Crippen molar-refractivity contribution < 1.29 is 4.79 Å². The molecule has 0 bridgehead atoms. The molecule has 2 aromatic rings. The van der Waals surface area contributed by atoms with E-state index in [1.807, 2.05) is 37.3 Å². The number of anilines is 1. The molecule has 2 atom stereocenters. The molecule has 0 saturated heterocycles. The minimum atomic E-state index is 0.126. The van der Waals surface area contributed by atoms with Gasteiger partial charge < -0.3 is 10.6 Å². The van der Waals surface area contributed by atoms with E-state index in [0.29, 0.717) is 19.0 Å². The zero-order valence-corrected chi connectivity index (χ0v) is 12.6. The lowest BCUT2D eigenvalue weighted by atomic mass is 10.1. The molecular weight excluding hydrogens is 276 g/mol. The van der Waals surface area contributed by atoms with Crippen LogP contribution in [-0.4, -0.2) is 29.2 Å². The smallest absolute Gasteiger partial charge is 0.223 e. The lowest BCUT2D eigenvalue weighted by Crippen LogP contribution is -2.30. The van der Waals surface area contributed by atoms with E-state index in [1.54, 1.807) is 0 Å². The first-order valence-corrected chi connectivity index (χ1v) is 7.61. The Morgan fingerprint density at radius 3 is 2.68 bits per heavy atom. The van der Waals surface area contributed by atoms with E-state index in [1.165, 1.54) is 5.56 Å². The maximum Gasteiger partial charge on any atom is 0.223 e. The molecule has 3 rings (SSSR count). The molecule has 1 amide bonds. The number of amides is 1. The molecule has 1 aliphatic carbocycles. The molecule has 0 radical (unpaired) electrons. The zero-order valence-electron chi connectivity index (χ0n) is 12.6. The SMILES string of the molecule is Cc1ccc(NCCNC(=O)[C@@H]2C[C@H]2c2ccccc2)nn1. The van der Waals surface area contributed by atoms with Crippen LogP contribution in [0.3, 0.4) is 0 Å². The normalized spacial score (nSPS) is 19.5. The van der Waals surface area contributed by atoms with Gasteiger partial charge in [-0.1, -0.05) is 30.3 Å². The molecule has 1 aliphatic rings. The van der Waals surface area contributed by atoms with E-state index in [0.717, 1.165) is 17.9 Å². The van der Waals surface area contributed by atoms with Gasteiger partial charge in [-0.3, -0.25) is 4.79 Å². The summed E-state index contributed by atoms with van der Waals surface area (Å²) in [6.07, 6.45) is 0.951. The van der Waals surface area contributed by atoms with Crippen LogP contribution in [0.1, 0.15) is 23.6 Å². The third kappa shape index (κ3) is 3.61. The van der Waals surface area contributed by atoms with E-state index in [-0.39, 0.29) is 11.8 Å². The first-order valence-electron chi connectivity index (χ1n) is 7.61. The van der Waals surface area contributed by atoms with Crippen LogP contribution >= 0.6 is 0 Å². The Morgan fingerprint density at radius 2 is 1.95 bits per heavy atom. The van der Waals surface area contributed by atoms with Gasteiger partial charge in [-0.05, 0) is 37.0 Å². The topological polar surface area (TPSA) is 66.9 Å². The van der Waals surface area contributed by atoms with Gasteiger partial charge in [0.15, 0.2) is 0 Å². The molecule has 2 N–H and O–H groups in total. The molecule has 0 unspecified atom stereocenters. The summed E-state index contributed by atoms with van der Waals surface area (Å²) in [4.78, 5) is 12.1. The third-order valence-corrected chi connectivity index (χ3v) is 3.88. The summed E-state index contributed by atoms with van der Waals surface area (Å²) < 4.78 is 0. The van der Waals surface area contributed by atoms with Crippen LogP contribution < -0.4 is 10.6 Å². The summed E-state index contributed by atoms with van der Waals surface area (Å²) in [5, 5.41) is 14.1. The van der Waals surface area contributed by atoms with Crippen LogP contribution in [0.4, 0.5) is 5.82 Å². The summed E-state index contributed by atoms with van der Waals surface area (Å²) in [5.41, 5.74) is 2.15. The highest BCUT2D eigenvalue weighted by molar-refractivity contribution is 5.82. The van der Waals surface area contributed by atoms with Crippen molar-refractivity contribution in [3.05, 3.63) is 53.7 Å². The average Bonchev–Trinajstić information content (AvgIpc) is 3.35. The Kier molecular flexibility index (Phi) is 4.32. The van der Waals surface area contributed by atoms with E-state index >= 15 is 0 Å². The Hall–Kier alpha value is -2.43. The van der Waals surface area contributed by atoms with Gasteiger partial charge in [-0.25, -0.2) is 0 Å². The fourth-order valence-corrected chi connectivity index (χ4v) is 2.55. The number of nitrogens with zero attached hydrogens (tertiary/aromatic N) is 2. The zero-order chi connectivity index (χ0) is 15.4. The molecule has 0 aliphatic heterocycles. The van der Waals surface area contributed by atoms with Crippen molar-refractivity contribution in [3.63, 3.8) is 0 Å². The number of benzene rings is 1. The second-order valence-corrected chi connectivity index (χ2v) is 5.64. The molecule has 1 fully saturated rings. The first-order chi connectivity index (χ1) is 10.7. The summed E-state index contributed by atoms with van der Waals surface area (Å²) in [5.74, 6) is 1.39. The van der Waals surface area contributed by atoms with Crippen LogP contribution in [0.5, 0.6) is 0 Å². The Balaban J connectivity index is 1.38. The van der Waals surface area contributed by atoms with E-state index in [2.05, 4.69) is 33.0 Å². The Morgan fingerprint density at radius 1 is 1.14 bits per heavy atom. The van der Waals surface area contributed by atoms with Crippen molar-refractivity contribution in [2.45, 2.75) is 19.3 Å². The van der Waals surface area contributed by atoms with E-state index in [9.17, 15) is 4.79 Å². The fourth-order valence-electron chi connectivity index (χ4n) is 2.55. The van der Waals surface area contributed by atoms with Gasteiger partial charge in [0.1, 0.15) is 5.82 Å². The lowest BCUT2D eigenvalue weighted by Gasteiger charge is -2.07. The highest BCUT2D eigenvalue weighted by Crippen LogP contribution is 2.47. The monoisotopic (exact) mass is 296 g/mol. The molecule has 1 heterocycles. The highest BCUT2D eigenvalue weighted by atomic mass is 16.2. The molecule has 5 heteroatoms. The van der Waals surface area contributed by atoms with Crippen LogP contribution in [0.15, 0.2) is 42.5 Å². The molecule has 22 heavy (non-hydrogen) atoms. The second kappa shape index (κ2) is 6.56. The number of nitrogens with one attached hydrogen (secondary N) is 2. The van der Waals surface area contributed by atoms with Crippen LogP contribution in [0.2, 0.25) is 0 Å². The summed E-state index contributed by atoms with van der Waals surface area (Å²) in [6, 6.07) is 14.0. The quantitative estimate of drug-likeness (QED) is 0.801. The molecule has 1 aromatic heterocycles. The molecule has 1 saturated carbocycles. The van der Waals surface area contributed by atoms with Gasteiger partial charge in [0.2, 0.25) is 5.91 Å². The summed E-state index contributed by atoms with van der Waals surface area (Å²) in [7, 11) is 0. The number of carbonyl (C=O) groups is 1. The van der Waals surface area contributed by atoms with Gasteiger partial charge in [-0.2, -0.15) is 5.10 Å². The maximum absolute atomic E-state index is 12.1. The summed E-state index contributed by atoms with van der Waals surface area (Å²) in [6.45, 7) is 3.13. The maximum atomic E-state index is 12.1. The summed E-state index contributed by atoms with van der Waals surface area (Å²) >= 11 is 0. The van der Waals surface area contributed by atoms with Crippen molar-refractivity contribution in [2.75, 3.05) is 18.4 Å². The van der Waals surface area contributed by atoms with Gasteiger partial charge in [-0.15, -0.1) is 5.10 Å². The Bertz CT molecular complexity index is 627. The number of hydrogen-bond acceptors (Lipinski definition) is 4. The van der Waals surface area contributed by atoms with Crippen molar-refractivity contribution in [1.29, 1.82) is 0 Å². The molecule has 5 nitrogen and oxygen atoms in total. The first kappa shape index (κ1) is 14.5. The Labute approximate surface area is 130 Å². The predicted molar refractivity (Wildman–Crippen MR) is 85.6 cm³/mol. The largest absolute Gasteiger partial charge is 0.367 e. The standard InChI is InChI=1S/C17H20N4O/c1-12-7-8-16(21-20-12)18-9-10-19-17(22)15-11-14(15)13-5-3-2-4-6-13/h2-8,14-15H,9-11H2,1H3,(H,18,21)(H,19,22)/t14-,15+/m0/s1. The van der Waals surface area contributed by atoms with E-state index < -0.39 is 0 Å². The van der Waals surface area contributed by atoms with Crippen molar-refractivity contribution >= 4 is 11.7 Å². The van der Waals surface area contributed by atoms with Gasteiger partial charge in [0.05, 0.1) is 5.69 Å². The number of aromatic nitrogens is 2. The average molecular weight is 296 g/mol. The lowest BCUT2D eigenvalue weighted by molar-refractivity contribution is -0.122. The fraction of sp³-hybridized carbons (Fsp3) is 0.353. The number of hydrogen-bond donors (Lipinski definition) is 2. The second-order valence-electron chi connectivity index (χ2n) is 5.64. The number of rotatable bonds is 6.